The number of nitriles is 1. The molecule has 8 nitrogen and oxygen atoms in total. The molecule has 1 atom stereocenters. The van der Waals surface area contributed by atoms with E-state index in [1.54, 1.807) is 6.92 Å². The number of hydrogen-bond donors (Lipinski definition) is 1. The second kappa shape index (κ2) is 9.19. The summed E-state index contributed by atoms with van der Waals surface area (Å²) in [6.07, 6.45) is -6.93. The molecule has 1 aromatic carbocycles. The minimum Gasteiger partial charge on any atom is -0.406 e. The molecule has 0 bridgehead atoms. The Bertz CT molecular complexity index is 1200. The van der Waals surface area contributed by atoms with Crippen molar-refractivity contribution in [2.75, 3.05) is 0 Å². The van der Waals surface area contributed by atoms with E-state index in [2.05, 4.69) is 25.1 Å². The monoisotopic (exact) mass is 466 g/mol. The summed E-state index contributed by atoms with van der Waals surface area (Å²) in [5.74, 6) is -1.03. The van der Waals surface area contributed by atoms with Gasteiger partial charge >= 0.3 is 6.36 Å². The fourth-order valence-electron chi connectivity index (χ4n) is 2.87. The van der Waals surface area contributed by atoms with Crippen LogP contribution in [0.25, 0.3) is 5.82 Å². The van der Waals surface area contributed by atoms with Crippen LogP contribution in [0.15, 0.2) is 36.5 Å². The van der Waals surface area contributed by atoms with Gasteiger partial charge in [0.25, 0.3) is 12.3 Å². The second-order valence-corrected chi connectivity index (χ2v) is 6.78. The normalized spacial score (nSPS) is 12.3. The molecule has 0 saturated carbocycles. The molecule has 2 heterocycles. The van der Waals surface area contributed by atoms with Gasteiger partial charge in [-0.2, -0.15) is 9.94 Å². The number of benzene rings is 1. The highest BCUT2D eigenvalue weighted by atomic mass is 19.4. The lowest BCUT2D eigenvalue weighted by Gasteiger charge is -2.16. The summed E-state index contributed by atoms with van der Waals surface area (Å²) in [6.45, 7) is 3.11. The van der Waals surface area contributed by atoms with Crippen molar-refractivity contribution in [2.45, 2.75) is 32.7 Å². The number of carbonyl (C=O) groups is 1. The van der Waals surface area contributed by atoms with Crippen LogP contribution in [0.2, 0.25) is 0 Å². The summed E-state index contributed by atoms with van der Waals surface area (Å²) in [7, 11) is 0. The minimum absolute atomic E-state index is 0.217. The van der Waals surface area contributed by atoms with Crippen molar-refractivity contribution in [3.8, 4) is 17.6 Å². The molecule has 0 unspecified atom stereocenters. The van der Waals surface area contributed by atoms with Crippen LogP contribution in [0.5, 0.6) is 5.75 Å². The van der Waals surface area contributed by atoms with Gasteiger partial charge in [0.1, 0.15) is 17.6 Å². The van der Waals surface area contributed by atoms with Crippen LogP contribution in [0.4, 0.5) is 22.0 Å². The zero-order valence-electron chi connectivity index (χ0n) is 17.1. The Morgan fingerprint density at radius 1 is 1.24 bits per heavy atom. The Balaban J connectivity index is 1.89. The van der Waals surface area contributed by atoms with Crippen molar-refractivity contribution in [3.05, 3.63) is 64.9 Å². The third kappa shape index (κ3) is 5.79. The van der Waals surface area contributed by atoms with Crippen LogP contribution in [0, 0.1) is 18.3 Å². The van der Waals surface area contributed by atoms with Gasteiger partial charge in [-0.3, -0.25) is 4.79 Å². The molecular weight excluding hydrogens is 451 g/mol. The lowest BCUT2D eigenvalue weighted by atomic mass is 10.1. The van der Waals surface area contributed by atoms with E-state index in [1.165, 1.54) is 29.9 Å². The van der Waals surface area contributed by atoms with Crippen molar-refractivity contribution in [1.29, 1.82) is 5.26 Å². The molecule has 0 radical (unpaired) electrons. The number of hydrogen-bond acceptors (Lipinski definition) is 6. The minimum atomic E-state index is -5.12. The average molecular weight is 466 g/mol. The number of pyridine rings is 1. The SMILES string of the molecule is Cc1nc([C@H](C)NC(=O)c2cc(OC(F)(F)F)cc(C(F)F)c2)n(-c2ccc(C#N)cn2)n1. The zero-order chi connectivity index (χ0) is 24.3. The predicted octanol–water partition coefficient (Wildman–Crippen LogP) is 4.17. The van der Waals surface area contributed by atoms with Crippen molar-refractivity contribution >= 4 is 5.91 Å². The molecule has 0 fully saturated rings. The topological polar surface area (TPSA) is 106 Å². The van der Waals surface area contributed by atoms with Gasteiger partial charge in [-0.15, -0.1) is 18.3 Å². The van der Waals surface area contributed by atoms with Gasteiger partial charge in [0.15, 0.2) is 11.6 Å². The molecule has 3 aromatic rings. The molecule has 13 heteroatoms. The first-order valence-electron chi connectivity index (χ1n) is 9.26. The summed E-state index contributed by atoms with van der Waals surface area (Å²) in [4.78, 5) is 21.0. The number of nitrogens with one attached hydrogen (secondary N) is 1. The van der Waals surface area contributed by atoms with Crippen LogP contribution in [-0.2, 0) is 0 Å². The van der Waals surface area contributed by atoms with Crippen molar-refractivity contribution in [3.63, 3.8) is 0 Å². The first-order valence-corrected chi connectivity index (χ1v) is 9.26. The van der Waals surface area contributed by atoms with Gasteiger partial charge in [-0.1, -0.05) is 0 Å². The van der Waals surface area contributed by atoms with Gasteiger partial charge in [0.2, 0.25) is 0 Å². The lowest BCUT2D eigenvalue weighted by Crippen LogP contribution is -2.29. The van der Waals surface area contributed by atoms with Crippen LogP contribution < -0.4 is 10.1 Å². The van der Waals surface area contributed by atoms with E-state index in [0.29, 0.717) is 29.3 Å². The second-order valence-electron chi connectivity index (χ2n) is 6.78. The van der Waals surface area contributed by atoms with Gasteiger partial charge in [0.05, 0.1) is 11.6 Å². The van der Waals surface area contributed by atoms with Gasteiger partial charge in [-0.05, 0) is 44.2 Å². The number of carbonyl (C=O) groups excluding carboxylic acids is 1. The lowest BCUT2D eigenvalue weighted by molar-refractivity contribution is -0.274. The van der Waals surface area contributed by atoms with E-state index in [9.17, 15) is 26.7 Å². The maximum Gasteiger partial charge on any atom is 0.573 e. The maximum atomic E-state index is 13.1. The number of ether oxygens (including phenoxy) is 1. The van der Waals surface area contributed by atoms with Crippen molar-refractivity contribution in [1.82, 2.24) is 25.1 Å². The van der Waals surface area contributed by atoms with E-state index in [-0.39, 0.29) is 5.82 Å². The molecule has 1 N–H and O–H groups in total. The highest BCUT2D eigenvalue weighted by Crippen LogP contribution is 2.29. The third-order valence-electron chi connectivity index (χ3n) is 4.24. The smallest absolute Gasteiger partial charge is 0.406 e. The number of halogens is 5. The Morgan fingerprint density at radius 2 is 1.97 bits per heavy atom. The molecule has 0 aliphatic rings. The van der Waals surface area contributed by atoms with Crippen LogP contribution in [0.3, 0.4) is 0 Å². The van der Waals surface area contributed by atoms with Gasteiger partial charge in [0, 0.05) is 17.3 Å². The standard InChI is InChI=1S/C20H15F5N6O2/c1-10(18-29-11(2)30-31(18)16-4-3-12(8-26)9-27-16)28-19(32)14-5-13(17(21)22)6-15(7-14)33-20(23,24)25/h3-7,9-10,17H,1-2H3,(H,28,32)/t10-/m0/s1. The Kier molecular flexibility index (Phi) is 6.57. The molecule has 0 saturated heterocycles. The number of aryl methyl sites for hydroxylation is 1. The summed E-state index contributed by atoms with van der Waals surface area (Å²) >= 11 is 0. The highest BCUT2D eigenvalue weighted by molar-refractivity contribution is 5.95. The Morgan fingerprint density at radius 3 is 2.55 bits per heavy atom. The Labute approximate surface area is 183 Å². The molecule has 1 amide bonds. The summed E-state index contributed by atoms with van der Waals surface area (Å²) in [6, 6.07) is 6.08. The molecule has 33 heavy (non-hydrogen) atoms. The summed E-state index contributed by atoms with van der Waals surface area (Å²) in [5, 5.41) is 15.6. The number of amides is 1. The molecule has 3 rings (SSSR count). The van der Waals surface area contributed by atoms with Gasteiger partial charge in [-0.25, -0.2) is 18.7 Å². The Hall–Kier alpha value is -4.08. The van der Waals surface area contributed by atoms with E-state index in [1.807, 2.05) is 6.07 Å². The highest BCUT2D eigenvalue weighted by Gasteiger charge is 2.32. The first kappa shape index (κ1) is 23.6. The molecule has 0 spiro atoms. The first-order chi connectivity index (χ1) is 15.5. The third-order valence-corrected chi connectivity index (χ3v) is 4.24. The number of alkyl halides is 5. The van der Waals surface area contributed by atoms with Crippen molar-refractivity contribution < 1.29 is 31.5 Å². The molecule has 2 aromatic heterocycles. The molecule has 172 valence electrons. The van der Waals surface area contributed by atoms with E-state index < -0.39 is 41.6 Å². The molecule has 0 aliphatic carbocycles. The van der Waals surface area contributed by atoms with Crippen molar-refractivity contribution in [2.24, 2.45) is 0 Å². The van der Waals surface area contributed by atoms with E-state index >= 15 is 0 Å². The summed E-state index contributed by atoms with van der Waals surface area (Å²) in [5.41, 5.74) is -0.956. The van der Waals surface area contributed by atoms with Gasteiger partial charge < -0.3 is 10.1 Å². The predicted molar refractivity (Wildman–Crippen MR) is 103 cm³/mol. The molecule has 0 aliphatic heterocycles. The maximum absolute atomic E-state index is 13.1. The average Bonchev–Trinajstić information content (AvgIpc) is 3.14. The fourth-order valence-corrected chi connectivity index (χ4v) is 2.87. The number of rotatable bonds is 6. The fraction of sp³-hybridized carbons (Fsp3) is 0.250. The molecular formula is C20H15F5N6O2. The van der Waals surface area contributed by atoms with E-state index in [4.69, 9.17) is 5.26 Å². The van der Waals surface area contributed by atoms with Crippen LogP contribution in [-0.4, -0.2) is 32.0 Å². The number of aromatic nitrogens is 4. The zero-order valence-corrected chi connectivity index (χ0v) is 17.1. The van der Waals surface area contributed by atoms with E-state index in [0.717, 1.165) is 6.07 Å². The summed E-state index contributed by atoms with van der Waals surface area (Å²) < 4.78 is 68.9. The van der Waals surface area contributed by atoms with Crippen LogP contribution >= 0.6 is 0 Å². The van der Waals surface area contributed by atoms with Crippen LogP contribution in [0.1, 0.15) is 52.5 Å². The number of nitrogens with zero attached hydrogens (tertiary/aromatic N) is 5. The quantitative estimate of drug-likeness (QED) is 0.547. The largest absolute Gasteiger partial charge is 0.573 e.